The van der Waals surface area contributed by atoms with E-state index in [-0.39, 0.29) is 50.4 Å². The van der Waals surface area contributed by atoms with E-state index in [1.807, 2.05) is 0 Å². The van der Waals surface area contributed by atoms with Crippen molar-refractivity contribution in [1.82, 2.24) is 25.9 Å². The number of H-pyrrole nitrogens is 1. The van der Waals surface area contributed by atoms with Gasteiger partial charge in [-0.3, -0.25) is 24.2 Å². The quantitative estimate of drug-likeness (QED) is 0.0488. The molecule has 43 heavy (non-hydrogen) atoms. The molecule has 0 aliphatic heterocycles. The van der Waals surface area contributed by atoms with Crippen LogP contribution in [0.2, 0.25) is 0 Å². The summed E-state index contributed by atoms with van der Waals surface area (Å²) in [5, 5.41) is 35.5. The van der Waals surface area contributed by atoms with Crippen LogP contribution >= 0.6 is 0 Å². The predicted octanol–water partition coefficient (Wildman–Crippen LogP) is -2.31. The number of phenols is 1. The van der Waals surface area contributed by atoms with Crippen LogP contribution in [0.25, 0.3) is 0 Å². The molecule has 17 nitrogen and oxygen atoms in total. The first kappa shape index (κ1) is 34.0. The molecule has 0 fully saturated rings. The number of hydrogen-bond acceptors (Lipinski definition) is 9. The van der Waals surface area contributed by atoms with Crippen molar-refractivity contribution in [1.29, 1.82) is 0 Å². The van der Waals surface area contributed by atoms with E-state index < -0.39 is 60.2 Å². The third kappa shape index (κ3) is 12.5. The molecule has 2 rings (SSSR count). The Morgan fingerprint density at radius 2 is 1.49 bits per heavy atom. The molecule has 0 radical (unpaired) electrons. The number of nitrogens with zero attached hydrogens (tertiary/aromatic N) is 2. The molecule has 2 aromatic rings. The number of carbonyl (C=O) groups excluding carboxylic acids is 3. The first-order valence-electron chi connectivity index (χ1n) is 13.3. The minimum absolute atomic E-state index is 0.0190. The number of benzene rings is 1. The number of aliphatic imine (C=N–C) groups is 1. The number of imidazole rings is 1. The van der Waals surface area contributed by atoms with E-state index in [1.54, 1.807) is 12.1 Å². The number of carboxylic acids is 2. The molecule has 234 valence electrons. The van der Waals surface area contributed by atoms with Crippen LogP contribution in [0, 0.1) is 0 Å². The molecule has 0 saturated heterocycles. The molecule has 0 aliphatic carbocycles. The Bertz CT molecular complexity index is 1260. The number of aromatic hydroxyl groups is 1. The van der Waals surface area contributed by atoms with Crippen LogP contribution in [0.15, 0.2) is 41.8 Å². The van der Waals surface area contributed by atoms with Gasteiger partial charge in [-0.1, -0.05) is 12.1 Å². The van der Waals surface area contributed by atoms with Crippen molar-refractivity contribution in [2.75, 3.05) is 6.54 Å². The number of rotatable bonds is 18. The van der Waals surface area contributed by atoms with Crippen LogP contribution in [0.1, 0.15) is 36.9 Å². The molecule has 17 heteroatoms. The Labute approximate surface area is 246 Å². The van der Waals surface area contributed by atoms with Gasteiger partial charge >= 0.3 is 11.9 Å². The van der Waals surface area contributed by atoms with E-state index in [9.17, 15) is 34.2 Å². The number of guanidine groups is 1. The number of aliphatic carboxylic acids is 2. The van der Waals surface area contributed by atoms with Crippen molar-refractivity contribution in [3.63, 3.8) is 0 Å². The Balaban J connectivity index is 2.18. The molecule has 4 atom stereocenters. The van der Waals surface area contributed by atoms with Crippen LogP contribution in [-0.4, -0.2) is 91.6 Å². The van der Waals surface area contributed by atoms with Gasteiger partial charge in [0.2, 0.25) is 17.7 Å². The molecule has 0 saturated carbocycles. The minimum atomic E-state index is -1.45. The number of nitrogens with two attached hydrogens (primary N) is 3. The fourth-order valence-corrected chi connectivity index (χ4v) is 3.93. The molecule has 4 unspecified atom stereocenters. The average molecular weight is 604 g/mol. The number of nitrogens with one attached hydrogen (secondary N) is 4. The zero-order valence-corrected chi connectivity index (χ0v) is 23.2. The van der Waals surface area contributed by atoms with Crippen LogP contribution < -0.4 is 33.2 Å². The normalized spacial score (nSPS) is 13.5. The Morgan fingerprint density at radius 3 is 2.05 bits per heavy atom. The first-order valence-corrected chi connectivity index (χ1v) is 13.3. The largest absolute Gasteiger partial charge is 0.508 e. The minimum Gasteiger partial charge on any atom is -0.508 e. The van der Waals surface area contributed by atoms with E-state index in [1.165, 1.54) is 24.7 Å². The van der Waals surface area contributed by atoms with Crippen molar-refractivity contribution in [3.8, 4) is 5.75 Å². The first-order chi connectivity index (χ1) is 20.3. The van der Waals surface area contributed by atoms with Gasteiger partial charge in [0.05, 0.1) is 12.4 Å². The summed E-state index contributed by atoms with van der Waals surface area (Å²) in [5.74, 6) is -5.20. The SMILES string of the molecule is NC(N)=NCCCC(NC(=O)C(N)Cc1ccc(O)cc1)C(=O)NC(CCC(=O)O)C(=O)NC(Cc1cnc[nH]1)C(=O)O. The molecule has 0 aliphatic rings. The monoisotopic (exact) mass is 603 g/mol. The highest BCUT2D eigenvalue weighted by Gasteiger charge is 2.31. The second kappa shape index (κ2) is 16.9. The number of hydrogen-bond donors (Lipinski definition) is 10. The van der Waals surface area contributed by atoms with E-state index in [4.69, 9.17) is 22.3 Å². The Hall–Kier alpha value is -5.19. The van der Waals surface area contributed by atoms with Crippen molar-refractivity contribution < 1.29 is 39.3 Å². The highest BCUT2D eigenvalue weighted by molar-refractivity contribution is 5.94. The summed E-state index contributed by atoms with van der Waals surface area (Å²) in [4.78, 5) is 72.7. The highest BCUT2D eigenvalue weighted by Crippen LogP contribution is 2.11. The maximum absolute atomic E-state index is 13.3. The van der Waals surface area contributed by atoms with Gasteiger partial charge in [-0.05, 0) is 43.4 Å². The lowest BCUT2D eigenvalue weighted by Gasteiger charge is -2.25. The molecule has 1 heterocycles. The van der Waals surface area contributed by atoms with E-state index in [2.05, 4.69) is 30.9 Å². The smallest absolute Gasteiger partial charge is 0.326 e. The van der Waals surface area contributed by atoms with Gasteiger partial charge in [-0.2, -0.15) is 0 Å². The van der Waals surface area contributed by atoms with Gasteiger partial charge in [0.25, 0.3) is 0 Å². The van der Waals surface area contributed by atoms with Crippen molar-refractivity contribution in [2.24, 2.45) is 22.2 Å². The van der Waals surface area contributed by atoms with Crippen molar-refractivity contribution in [2.45, 2.75) is 62.7 Å². The Kier molecular flexibility index (Phi) is 13.4. The predicted molar refractivity (Wildman–Crippen MR) is 152 cm³/mol. The van der Waals surface area contributed by atoms with Crippen molar-refractivity contribution in [3.05, 3.63) is 48.0 Å². The van der Waals surface area contributed by atoms with Gasteiger partial charge < -0.3 is 53.5 Å². The zero-order chi connectivity index (χ0) is 31.9. The summed E-state index contributed by atoms with van der Waals surface area (Å²) >= 11 is 0. The lowest BCUT2D eigenvalue weighted by Crippen LogP contribution is -2.57. The highest BCUT2D eigenvalue weighted by atomic mass is 16.4. The third-order valence-corrected chi connectivity index (χ3v) is 6.18. The topological polar surface area (TPSA) is 301 Å². The number of carboxylic acid groups (broad SMARTS) is 2. The molecule has 1 aromatic heterocycles. The maximum atomic E-state index is 13.3. The fraction of sp³-hybridized carbons (Fsp3) is 0.423. The zero-order valence-electron chi connectivity index (χ0n) is 23.2. The average Bonchev–Trinajstić information content (AvgIpc) is 3.46. The number of phenolic OH excluding ortho intramolecular Hbond substituents is 1. The summed E-state index contributed by atoms with van der Waals surface area (Å²) in [6.45, 7) is 0.123. The number of aromatic amines is 1. The summed E-state index contributed by atoms with van der Waals surface area (Å²) < 4.78 is 0. The molecular formula is C26H37N9O8. The molecule has 3 amide bonds. The van der Waals surface area contributed by atoms with Gasteiger partial charge in [0.15, 0.2) is 5.96 Å². The molecule has 0 bridgehead atoms. The van der Waals surface area contributed by atoms with Gasteiger partial charge in [-0.25, -0.2) is 9.78 Å². The van der Waals surface area contributed by atoms with Gasteiger partial charge in [0.1, 0.15) is 23.9 Å². The van der Waals surface area contributed by atoms with Gasteiger partial charge in [-0.15, -0.1) is 0 Å². The summed E-state index contributed by atoms with van der Waals surface area (Å²) in [7, 11) is 0. The fourth-order valence-electron chi connectivity index (χ4n) is 3.93. The Morgan fingerprint density at radius 1 is 0.884 bits per heavy atom. The van der Waals surface area contributed by atoms with Crippen LogP contribution in [-0.2, 0) is 36.8 Å². The van der Waals surface area contributed by atoms with Crippen LogP contribution in [0.3, 0.4) is 0 Å². The summed E-state index contributed by atoms with van der Waals surface area (Å²) in [6, 6.07) is 0.878. The van der Waals surface area contributed by atoms with E-state index >= 15 is 0 Å². The molecule has 0 spiro atoms. The maximum Gasteiger partial charge on any atom is 0.326 e. The van der Waals surface area contributed by atoms with Crippen LogP contribution in [0.4, 0.5) is 0 Å². The van der Waals surface area contributed by atoms with E-state index in [0.717, 1.165) is 0 Å². The lowest BCUT2D eigenvalue weighted by atomic mass is 10.0. The molecular weight excluding hydrogens is 566 g/mol. The number of aromatic nitrogens is 2. The van der Waals surface area contributed by atoms with E-state index in [0.29, 0.717) is 11.3 Å². The second-order valence-corrected chi connectivity index (χ2v) is 9.66. The molecule has 13 N–H and O–H groups in total. The lowest BCUT2D eigenvalue weighted by molar-refractivity contribution is -0.143. The third-order valence-electron chi connectivity index (χ3n) is 6.18. The number of carbonyl (C=O) groups is 5. The summed E-state index contributed by atoms with van der Waals surface area (Å²) in [6.07, 6.45) is 2.03. The van der Waals surface area contributed by atoms with Gasteiger partial charge in [0, 0.05) is 31.3 Å². The summed E-state index contributed by atoms with van der Waals surface area (Å²) in [5.41, 5.74) is 17.8. The van der Waals surface area contributed by atoms with Crippen molar-refractivity contribution >= 4 is 35.6 Å². The second-order valence-electron chi connectivity index (χ2n) is 9.66. The number of amides is 3. The molecule has 1 aromatic carbocycles. The van der Waals surface area contributed by atoms with Crippen LogP contribution in [0.5, 0.6) is 5.75 Å². The standard InChI is InChI=1S/C26H37N9O8/c27-17(10-14-3-5-16(36)6-4-14)22(39)33-18(2-1-9-31-26(28)29)23(40)34-19(7-8-21(37)38)24(41)35-20(25(42)43)11-15-12-30-13-32-15/h3-6,12-13,17-20,36H,1-2,7-11,27H2,(H,30,32)(H,33,39)(H,34,40)(H,35,41)(H,37,38)(H,42,43)(H4,28,29,31).